The summed E-state index contributed by atoms with van der Waals surface area (Å²) in [6, 6.07) is 1.89. The summed E-state index contributed by atoms with van der Waals surface area (Å²) in [5.41, 5.74) is 0. The fourth-order valence-electron chi connectivity index (χ4n) is 4.31. The SMILES string of the molecule is CC(Nc1nccc(N2CCOC2=O)n1)C1CCN(C(=O)C2CCOCC2)CC1. The van der Waals surface area contributed by atoms with Crippen molar-refractivity contribution in [2.45, 2.75) is 38.6 Å². The van der Waals surface area contributed by atoms with Crippen molar-refractivity contribution in [1.29, 1.82) is 0 Å². The van der Waals surface area contributed by atoms with Gasteiger partial charge in [-0.3, -0.25) is 9.69 Å². The van der Waals surface area contributed by atoms with Crippen LogP contribution in [0.5, 0.6) is 0 Å². The molecule has 1 unspecified atom stereocenters. The third-order valence-corrected chi connectivity index (χ3v) is 6.16. The minimum absolute atomic E-state index is 0.129. The van der Waals surface area contributed by atoms with Gasteiger partial charge in [0.15, 0.2) is 0 Å². The van der Waals surface area contributed by atoms with Crippen molar-refractivity contribution in [2.24, 2.45) is 11.8 Å². The van der Waals surface area contributed by atoms with Crippen molar-refractivity contribution >= 4 is 23.8 Å². The minimum atomic E-state index is -0.371. The zero-order valence-electron chi connectivity index (χ0n) is 16.9. The van der Waals surface area contributed by atoms with Crippen molar-refractivity contribution in [2.75, 3.05) is 49.7 Å². The lowest BCUT2D eigenvalue weighted by Crippen LogP contribution is -2.45. The molecule has 2 amide bonds. The lowest BCUT2D eigenvalue weighted by Gasteiger charge is -2.37. The van der Waals surface area contributed by atoms with Crippen LogP contribution in [0.3, 0.4) is 0 Å². The number of rotatable bonds is 5. The van der Waals surface area contributed by atoms with Crippen LogP contribution in [0.25, 0.3) is 0 Å². The quantitative estimate of drug-likeness (QED) is 0.802. The van der Waals surface area contributed by atoms with Crippen molar-refractivity contribution in [3.63, 3.8) is 0 Å². The molecule has 158 valence electrons. The van der Waals surface area contributed by atoms with Gasteiger partial charge in [0.2, 0.25) is 11.9 Å². The van der Waals surface area contributed by atoms with Crippen LogP contribution in [0.2, 0.25) is 0 Å². The number of nitrogens with one attached hydrogen (secondary N) is 1. The second-order valence-corrected chi connectivity index (χ2v) is 7.99. The number of likely N-dealkylation sites (tertiary alicyclic amines) is 1. The number of nitrogens with zero attached hydrogens (tertiary/aromatic N) is 4. The molecule has 9 nitrogen and oxygen atoms in total. The zero-order valence-corrected chi connectivity index (χ0v) is 16.9. The van der Waals surface area contributed by atoms with Gasteiger partial charge in [0.05, 0.1) is 6.54 Å². The molecule has 0 spiro atoms. The first-order valence-electron chi connectivity index (χ1n) is 10.5. The van der Waals surface area contributed by atoms with Crippen LogP contribution >= 0.6 is 0 Å². The zero-order chi connectivity index (χ0) is 20.2. The summed E-state index contributed by atoms with van der Waals surface area (Å²) in [6.45, 7) is 6.00. The molecule has 3 saturated heterocycles. The van der Waals surface area contributed by atoms with E-state index in [1.165, 1.54) is 4.90 Å². The molecule has 4 heterocycles. The maximum atomic E-state index is 12.7. The molecular weight excluding hydrogens is 374 g/mol. The molecule has 3 aliphatic rings. The van der Waals surface area contributed by atoms with E-state index in [0.717, 1.165) is 38.8 Å². The second kappa shape index (κ2) is 8.94. The summed E-state index contributed by atoms with van der Waals surface area (Å²) in [6.07, 6.45) is 4.88. The molecule has 1 aromatic rings. The van der Waals surface area contributed by atoms with Gasteiger partial charge >= 0.3 is 6.09 Å². The number of ether oxygens (including phenoxy) is 2. The minimum Gasteiger partial charge on any atom is -0.447 e. The maximum Gasteiger partial charge on any atom is 0.415 e. The Morgan fingerprint density at radius 1 is 1.17 bits per heavy atom. The molecular formula is C20H29N5O4. The van der Waals surface area contributed by atoms with Gasteiger partial charge in [-0.05, 0) is 44.6 Å². The van der Waals surface area contributed by atoms with E-state index in [2.05, 4.69) is 22.2 Å². The number of anilines is 2. The number of aromatic nitrogens is 2. The Bertz CT molecular complexity index is 731. The second-order valence-electron chi connectivity index (χ2n) is 7.99. The molecule has 0 radical (unpaired) electrons. The molecule has 0 aliphatic carbocycles. The van der Waals surface area contributed by atoms with E-state index in [0.29, 0.717) is 50.0 Å². The Balaban J connectivity index is 1.29. The molecule has 3 aliphatic heterocycles. The summed E-state index contributed by atoms with van der Waals surface area (Å²) in [5.74, 6) is 1.92. The van der Waals surface area contributed by atoms with Crippen LogP contribution in [-0.4, -0.2) is 72.4 Å². The molecule has 29 heavy (non-hydrogen) atoms. The molecule has 1 N–H and O–H groups in total. The average Bonchev–Trinajstić information content (AvgIpc) is 3.20. The van der Waals surface area contributed by atoms with Gasteiger partial charge in [0.1, 0.15) is 12.4 Å². The van der Waals surface area contributed by atoms with Gasteiger partial charge in [0.25, 0.3) is 0 Å². The predicted octanol–water partition coefficient (Wildman–Crippen LogP) is 1.90. The van der Waals surface area contributed by atoms with Crippen molar-refractivity contribution in [3.8, 4) is 0 Å². The highest BCUT2D eigenvalue weighted by Gasteiger charge is 2.31. The molecule has 0 bridgehead atoms. The van der Waals surface area contributed by atoms with E-state index in [-0.39, 0.29) is 18.1 Å². The third kappa shape index (κ3) is 4.60. The van der Waals surface area contributed by atoms with Crippen molar-refractivity contribution in [3.05, 3.63) is 12.3 Å². The summed E-state index contributed by atoms with van der Waals surface area (Å²) < 4.78 is 10.3. The average molecular weight is 403 g/mol. The van der Waals surface area contributed by atoms with Crippen LogP contribution in [0, 0.1) is 11.8 Å². The number of hydrogen-bond acceptors (Lipinski definition) is 7. The highest BCUT2D eigenvalue weighted by molar-refractivity contribution is 5.88. The van der Waals surface area contributed by atoms with E-state index < -0.39 is 0 Å². The normalized spacial score (nSPS) is 22.4. The number of amides is 2. The Morgan fingerprint density at radius 3 is 2.62 bits per heavy atom. The van der Waals surface area contributed by atoms with E-state index in [1.54, 1.807) is 12.3 Å². The standard InChI is InChI=1S/C20H29N5O4/c1-14(22-19-21-7-2-17(23-19)25-10-13-29-20(25)27)15-3-8-24(9-4-15)18(26)16-5-11-28-12-6-16/h2,7,14-16H,3-6,8-13H2,1H3,(H,21,22,23). The fourth-order valence-corrected chi connectivity index (χ4v) is 4.31. The number of hydrogen-bond donors (Lipinski definition) is 1. The summed E-state index contributed by atoms with van der Waals surface area (Å²) >= 11 is 0. The Hall–Kier alpha value is -2.42. The van der Waals surface area contributed by atoms with Crippen molar-refractivity contribution in [1.82, 2.24) is 14.9 Å². The third-order valence-electron chi connectivity index (χ3n) is 6.16. The number of cyclic esters (lactones) is 1. The molecule has 1 aromatic heterocycles. The largest absolute Gasteiger partial charge is 0.447 e. The van der Waals surface area contributed by atoms with Gasteiger partial charge in [-0.15, -0.1) is 0 Å². The molecule has 3 fully saturated rings. The smallest absolute Gasteiger partial charge is 0.415 e. The lowest BCUT2D eigenvalue weighted by molar-refractivity contribution is -0.140. The molecule has 0 aromatic carbocycles. The first kappa shape index (κ1) is 19.9. The maximum absolute atomic E-state index is 12.7. The summed E-state index contributed by atoms with van der Waals surface area (Å²) in [4.78, 5) is 36.7. The first-order valence-corrected chi connectivity index (χ1v) is 10.5. The highest BCUT2D eigenvalue weighted by atomic mass is 16.6. The highest BCUT2D eigenvalue weighted by Crippen LogP contribution is 2.26. The number of carbonyl (C=O) groups excluding carboxylic acids is 2. The van der Waals surface area contributed by atoms with Crippen LogP contribution in [0.1, 0.15) is 32.6 Å². The summed E-state index contributed by atoms with van der Waals surface area (Å²) in [7, 11) is 0. The van der Waals surface area contributed by atoms with E-state index in [4.69, 9.17) is 9.47 Å². The Morgan fingerprint density at radius 2 is 1.93 bits per heavy atom. The van der Waals surface area contributed by atoms with Crippen LogP contribution in [0.4, 0.5) is 16.6 Å². The van der Waals surface area contributed by atoms with E-state index in [1.807, 2.05) is 4.90 Å². The van der Waals surface area contributed by atoms with Gasteiger partial charge in [0, 0.05) is 44.5 Å². The number of carbonyl (C=O) groups is 2. The van der Waals surface area contributed by atoms with Gasteiger partial charge < -0.3 is 19.7 Å². The van der Waals surface area contributed by atoms with Gasteiger partial charge in [-0.25, -0.2) is 9.78 Å². The Kier molecular flexibility index (Phi) is 6.13. The first-order chi connectivity index (χ1) is 14.1. The molecule has 9 heteroatoms. The topological polar surface area (TPSA) is 96.9 Å². The fraction of sp³-hybridized carbons (Fsp3) is 0.700. The van der Waals surface area contributed by atoms with E-state index >= 15 is 0 Å². The molecule has 0 saturated carbocycles. The van der Waals surface area contributed by atoms with Crippen LogP contribution in [0.15, 0.2) is 12.3 Å². The molecule has 1 atom stereocenters. The van der Waals surface area contributed by atoms with Crippen LogP contribution < -0.4 is 10.2 Å². The van der Waals surface area contributed by atoms with Gasteiger partial charge in [-0.1, -0.05) is 0 Å². The van der Waals surface area contributed by atoms with E-state index in [9.17, 15) is 9.59 Å². The van der Waals surface area contributed by atoms with Crippen LogP contribution in [-0.2, 0) is 14.3 Å². The van der Waals surface area contributed by atoms with Gasteiger partial charge in [-0.2, -0.15) is 4.98 Å². The van der Waals surface area contributed by atoms with Crippen molar-refractivity contribution < 1.29 is 19.1 Å². The summed E-state index contributed by atoms with van der Waals surface area (Å²) in [5, 5.41) is 3.38. The molecule has 4 rings (SSSR count). The Labute approximate surface area is 170 Å². The number of piperidine rings is 1. The lowest BCUT2D eigenvalue weighted by atomic mass is 9.89. The predicted molar refractivity (Wildman–Crippen MR) is 107 cm³/mol. The monoisotopic (exact) mass is 403 g/mol.